The third kappa shape index (κ3) is 3.22. The first-order valence-electron chi connectivity index (χ1n) is 6.58. The van der Waals surface area contributed by atoms with Crippen LogP contribution in [0.3, 0.4) is 0 Å². The molecule has 0 unspecified atom stereocenters. The van der Waals surface area contributed by atoms with Crippen molar-refractivity contribution >= 4 is 11.8 Å². The van der Waals surface area contributed by atoms with Crippen LogP contribution < -0.4 is 5.32 Å². The average Bonchev–Trinajstić information content (AvgIpc) is 3.20. The molecule has 0 aliphatic heterocycles. The minimum Gasteiger partial charge on any atom is -0.313 e. The van der Waals surface area contributed by atoms with Gasteiger partial charge in [-0.15, -0.1) is 5.10 Å². The van der Waals surface area contributed by atoms with Gasteiger partial charge >= 0.3 is 0 Å². The third-order valence-corrected chi connectivity index (χ3v) is 4.40. The maximum atomic E-state index is 4.29. The van der Waals surface area contributed by atoms with Crippen LogP contribution >= 0.6 is 11.8 Å². The number of aryl methyl sites for hydroxylation is 1. The zero-order valence-corrected chi connectivity index (χ0v) is 11.1. The van der Waals surface area contributed by atoms with E-state index in [4.69, 9.17) is 0 Å². The highest BCUT2D eigenvalue weighted by molar-refractivity contribution is 7.99. The monoisotopic (exact) mass is 252 g/mol. The second kappa shape index (κ2) is 4.98. The van der Waals surface area contributed by atoms with Crippen LogP contribution in [0.15, 0.2) is 5.16 Å². The summed E-state index contributed by atoms with van der Waals surface area (Å²) in [6, 6.07) is 0.810. The molecule has 0 spiro atoms. The van der Waals surface area contributed by atoms with E-state index in [0.29, 0.717) is 0 Å². The summed E-state index contributed by atoms with van der Waals surface area (Å²) in [5, 5.41) is 11.6. The smallest absolute Gasteiger partial charge is 0.208 e. The fourth-order valence-electron chi connectivity index (χ4n) is 2.38. The van der Waals surface area contributed by atoms with E-state index < -0.39 is 0 Å². The molecule has 2 aliphatic carbocycles. The molecule has 2 aliphatic rings. The number of aromatic nitrogens is 3. The Morgan fingerprint density at radius 1 is 1.35 bits per heavy atom. The highest BCUT2D eigenvalue weighted by atomic mass is 32.2. The lowest BCUT2D eigenvalue weighted by molar-refractivity contribution is 0.429. The summed E-state index contributed by atoms with van der Waals surface area (Å²) < 4.78 is 0. The van der Waals surface area contributed by atoms with Crippen molar-refractivity contribution in [2.24, 2.45) is 11.8 Å². The molecule has 2 N–H and O–H groups in total. The van der Waals surface area contributed by atoms with Crippen LogP contribution in [0.2, 0.25) is 0 Å². The van der Waals surface area contributed by atoms with Gasteiger partial charge < -0.3 is 5.32 Å². The van der Waals surface area contributed by atoms with E-state index in [1.165, 1.54) is 25.7 Å². The summed E-state index contributed by atoms with van der Waals surface area (Å²) in [6.45, 7) is 3.02. The molecule has 0 bridgehead atoms. The Kier molecular flexibility index (Phi) is 3.38. The van der Waals surface area contributed by atoms with E-state index in [1.54, 1.807) is 11.8 Å². The molecular formula is C12H20N4S. The highest BCUT2D eigenvalue weighted by Gasteiger charge is 2.40. The number of H-pyrrole nitrogens is 1. The summed E-state index contributed by atoms with van der Waals surface area (Å²) in [6.07, 6.45) is 5.78. The fraction of sp³-hybridized carbons (Fsp3) is 0.833. The number of hydrogen-bond acceptors (Lipinski definition) is 4. The molecule has 17 heavy (non-hydrogen) atoms. The molecule has 0 saturated heterocycles. The molecule has 2 saturated carbocycles. The Hall–Kier alpha value is -0.550. The van der Waals surface area contributed by atoms with Gasteiger partial charge in [0.05, 0.1) is 0 Å². The molecule has 1 aromatic heterocycles. The van der Waals surface area contributed by atoms with Crippen LogP contribution in [0.5, 0.6) is 0 Å². The molecule has 0 atom stereocenters. The average molecular weight is 252 g/mol. The third-order valence-electron chi connectivity index (χ3n) is 3.55. The predicted molar refractivity (Wildman–Crippen MR) is 69.1 cm³/mol. The van der Waals surface area contributed by atoms with E-state index in [1.807, 2.05) is 6.92 Å². The minimum absolute atomic E-state index is 0.810. The standard InChI is InChI=1S/C12H20N4S/c1-8-14-12(16-15-8)17-7-6-13-11(9-2-3-9)10-4-5-10/h9-11,13H,2-7H2,1H3,(H,14,15,16). The SMILES string of the molecule is Cc1nc(SCCNC(C2CC2)C2CC2)n[nH]1. The molecule has 4 nitrogen and oxygen atoms in total. The van der Waals surface area contributed by atoms with Crippen molar-refractivity contribution in [2.45, 2.75) is 43.8 Å². The second-order valence-electron chi connectivity index (χ2n) is 5.21. The maximum absolute atomic E-state index is 4.29. The Morgan fingerprint density at radius 2 is 2.06 bits per heavy atom. The maximum Gasteiger partial charge on any atom is 0.208 e. The lowest BCUT2D eigenvalue weighted by Gasteiger charge is -2.16. The van der Waals surface area contributed by atoms with Gasteiger partial charge in [0.15, 0.2) is 0 Å². The van der Waals surface area contributed by atoms with E-state index in [2.05, 4.69) is 20.5 Å². The lowest BCUT2D eigenvalue weighted by atomic mass is 10.1. The van der Waals surface area contributed by atoms with E-state index in [0.717, 1.165) is 41.2 Å². The molecule has 0 aromatic carbocycles. The van der Waals surface area contributed by atoms with Crippen LogP contribution in [0, 0.1) is 18.8 Å². The van der Waals surface area contributed by atoms with Crippen molar-refractivity contribution in [1.29, 1.82) is 0 Å². The van der Waals surface area contributed by atoms with Gasteiger partial charge in [0, 0.05) is 18.3 Å². The predicted octanol–water partition coefficient (Wildman–Crippen LogP) is 1.98. The highest BCUT2D eigenvalue weighted by Crippen LogP contribution is 2.44. The number of hydrogen-bond donors (Lipinski definition) is 2. The molecule has 0 amide bonds. The van der Waals surface area contributed by atoms with E-state index in [9.17, 15) is 0 Å². The number of aromatic amines is 1. The molecular weight excluding hydrogens is 232 g/mol. The van der Waals surface area contributed by atoms with Gasteiger partial charge in [-0.2, -0.15) is 0 Å². The fourth-order valence-corrected chi connectivity index (χ4v) is 3.10. The quantitative estimate of drug-likeness (QED) is 0.575. The molecule has 94 valence electrons. The molecule has 1 aromatic rings. The summed E-state index contributed by atoms with van der Waals surface area (Å²) in [4.78, 5) is 4.29. The van der Waals surface area contributed by atoms with Crippen molar-refractivity contribution in [3.8, 4) is 0 Å². The van der Waals surface area contributed by atoms with Crippen molar-refractivity contribution in [2.75, 3.05) is 12.3 Å². The number of rotatable bonds is 7. The Bertz CT molecular complexity index is 358. The second-order valence-corrected chi connectivity index (χ2v) is 6.27. The van der Waals surface area contributed by atoms with Crippen molar-refractivity contribution in [3.05, 3.63) is 5.82 Å². The zero-order chi connectivity index (χ0) is 11.7. The van der Waals surface area contributed by atoms with Crippen LogP contribution in [0.4, 0.5) is 0 Å². The Balaban J connectivity index is 1.36. The molecule has 2 fully saturated rings. The van der Waals surface area contributed by atoms with Crippen molar-refractivity contribution < 1.29 is 0 Å². The van der Waals surface area contributed by atoms with Crippen LogP contribution in [0.1, 0.15) is 31.5 Å². The normalized spacial score (nSPS) is 20.1. The van der Waals surface area contributed by atoms with E-state index in [-0.39, 0.29) is 0 Å². The van der Waals surface area contributed by atoms with E-state index >= 15 is 0 Å². The van der Waals surface area contributed by atoms with Gasteiger partial charge in [-0.25, -0.2) is 4.98 Å². The summed E-state index contributed by atoms with van der Waals surface area (Å²) >= 11 is 1.73. The number of nitrogens with one attached hydrogen (secondary N) is 2. The number of thioether (sulfide) groups is 1. The summed E-state index contributed by atoms with van der Waals surface area (Å²) in [7, 11) is 0. The zero-order valence-electron chi connectivity index (χ0n) is 10.3. The van der Waals surface area contributed by atoms with Gasteiger partial charge in [-0.3, -0.25) is 5.10 Å². The summed E-state index contributed by atoms with van der Waals surface area (Å²) in [5.74, 6) is 3.93. The molecule has 3 rings (SSSR count). The molecule has 5 heteroatoms. The largest absolute Gasteiger partial charge is 0.313 e. The van der Waals surface area contributed by atoms with Crippen LogP contribution in [0.25, 0.3) is 0 Å². The van der Waals surface area contributed by atoms with Crippen molar-refractivity contribution in [1.82, 2.24) is 20.5 Å². The van der Waals surface area contributed by atoms with Gasteiger partial charge in [0.1, 0.15) is 5.82 Å². The van der Waals surface area contributed by atoms with Gasteiger partial charge in [-0.05, 0) is 44.4 Å². The van der Waals surface area contributed by atoms with Gasteiger partial charge in [0.25, 0.3) is 0 Å². The Morgan fingerprint density at radius 3 is 2.59 bits per heavy atom. The lowest BCUT2D eigenvalue weighted by Crippen LogP contribution is -2.34. The van der Waals surface area contributed by atoms with Crippen LogP contribution in [-0.4, -0.2) is 33.5 Å². The minimum atomic E-state index is 0.810. The molecule has 0 radical (unpaired) electrons. The Labute approximate surface area is 106 Å². The molecule has 1 heterocycles. The van der Waals surface area contributed by atoms with Gasteiger partial charge in [0.2, 0.25) is 5.16 Å². The first-order valence-corrected chi connectivity index (χ1v) is 7.56. The first-order chi connectivity index (χ1) is 8.33. The van der Waals surface area contributed by atoms with Crippen molar-refractivity contribution in [3.63, 3.8) is 0 Å². The number of nitrogens with zero attached hydrogens (tertiary/aromatic N) is 2. The topological polar surface area (TPSA) is 53.6 Å². The van der Waals surface area contributed by atoms with Crippen LogP contribution in [-0.2, 0) is 0 Å². The van der Waals surface area contributed by atoms with Gasteiger partial charge in [-0.1, -0.05) is 11.8 Å². The summed E-state index contributed by atoms with van der Waals surface area (Å²) in [5.41, 5.74) is 0. The first kappa shape index (κ1) is 11.5.